The number of carbonyl (C=O) groups is 1. The molecular weight excluding hydrogens is 302 g/mol. The highest BCUT2D eigenvalue weighted by Gasteiger charge is 2.35. The molecule has 0 aliphatic rings. The van der Waals surface area contributed by atoms with Gasteiger partial charge in [-0.25, -0.2) is 14.4 Å². The first-order chi connectivity index (χ1) is 10.2. The minimum Gasteiger partial charge on any atom is -0.318 e. The number of nitrogens with zero attached hydrogens (tertiary/aromatic N) is 2. The Balaban J connectivity index is 2.36. The van der Waals surface area contributed by atoms with Crippen LogP contribution in [0.5, 0.6) is 0 Å². The Bertz CT molecular complexity index is 729. The van der Waals surface area contributed by atoms with Crippen molar-refractivity contribution in [3.8, 4) is 0 Å². The van der Waals surface area contributed by atoms with Gasteiger partial charge in [0.1, 0.15) is 12.0 Å². The van der Waals surface area contributed by atoms with Crippen molar-refractivity contribution in [3.05, 3.63) is 52.9 Å². The van der Waals surface area contributed by atoms with Gasteiger partial charge in [0.25, 0.3) is 5.91 Å². The Morgan fingerprint density at radius 3 is 2.50 bits per heavy atom. The predicted octanol–water partition coefficient (Wildman–Crippen LogP) is 3.50. The number of aryl methyl sites for hydroxylation is 1. The molecule has 0 saturated carbocycles. The average molecular weight is 313 g/mol. The van der Waals surface area contributed by atoms with E-state index in [0.29, 0.717) is 17.3 Å². The standard InChI is InChI=1S/C14H11F4N3O/c1-7-8(2)19-6-20-12(7)13(22)21-10-5-3-4-9(11(10)15)14(16,17)18/h3-6H,1-2H3,(H,21,22). The summed E-state index contributed by atoms with van der Waals surface area (Å²) in [6.45, 7) is 3.24. The molecule has 0 unspecified atom stereocenters. The van der Waals surface area contributed by atoms with Gasteiger partial charge in [0.2, 0.25) is 0 Å². The van der Waals surface area contributed by atoms with Crippen molar-refractivity contribution in [2.45, 2.75) is 20.0 Å². The lowest BCUT2D eigenvalue weighted by molar-refractivity contribution is -0.139. The maximum absolute atomic E-state index is 13.9. The van der Waals surface area contributed by atoms with Crippen LogP contribution in [0.2, 0.25) is 0 Å². The van der Waals surface area contributed by atoms with E-state index in [2.05, 4.69) is 15.3 Å². The van der Waals surface area contributed by atoms with Crippen molar-refractivity contribution in [1.82, 2.24) is 9.97 Å². The van der Waals surface area contributed by atoms with Crippen molar-refractivity contribution in [2.24, 2.45) is 0 Å². The van der Waals surface area contributed by atoms with E-state index < -0.39 is 29.2 Å². The minimum atomic E-state index is -4.84. The van der Waals surface area contributed by atoms with Gasteiger partial charge < -0.3 is 5.32 Å². The zero-order chi connectivity index (χ0) is 16.5. The SMILES string of the molecule is Cc1ncnc(C(=O)Nc2cccc(C(F)(F)F)c2F)c1C. The molecule has 8 heteroatoms. The summed E-state index contributed by atoms with van der Waals surface area (Å²) in [6.07, 6.45) is -3.69. The number of benzene rings is 1. The fourth-order valence-electron chi connectivity index (χ4n) is 1.80. The number of halogens is 4. The van der Waals surface area contributed by atoms with Gasteiger partial charge in [0, 0.05) is 11.3 Å². The summed E-state index contributed by atoms with van der Waals surface area (Å²) in [7, 11) is 0. The zero-order valence-electron chi connectivity index (χ0n) is 11.6. The molecule has 1 aromatic carbocycles. The van der Waals surface area contributed by atoms with E-state index in [4.69, 9.17) is 0 Å². The maximum atomic E-state index is 13.9. The van der Waals surface area contributed by atoms with Crippen LogP contribution in [0.25, 0.3) is 0 Å². The maximum Gasteiger partial charge on any atom is 0.419 e. The first-order valence-corrected chi connectivity index (χ1v) is 6.17. The molecule has 22 heavy (non-hydrogen) atoms. The van der Waals surface area contributed by atoms with E-state index in [1.54, 1.807) is 13.8 Å². The molecule has 1 amide bonds. The van der Waals surface area contributed by atoms with Crippen molar-refractivity contribution in [2.75, 3.05) is 5.32 Å². The molecular formula is C14H11F4N3O. The van der Waals surface area contributed by atoms with Crippen LogP contribution < -0.4 is 5.32 Å². The van der Waals surface area contributed by atoms with Gasteiger partial charge in [-0.05, 0) is 26.0 Å². The lowest BCUT2D eigenvalue weighted by atomic mass is 10.1. The Morgan fingerprint density at radius 1 is 1.18 bits per heavy atom. The summed E-state index contributed by atoms with van der Waals surface area (Å²) >= 11 is 0. The third-order valence-electron chi connectivity index (χ3n) is 3.10. The van der Waals surface area contributed by atoms with E-state index >= 15 is 0 Å². The first-order valence-electron chi connectivity index (χ1n) is 6.17. The first kappa shape index (κ1) is 15.9. The number of hydrogen-bond acceptors (Lipinski definition) is 3. The second kappa shape index (κ2) is 5.70. The summed E-state index contributed by atoms with van der Waals surface area (Å²) in [4.78, 5) is 19.7. The number of nitrogens with one attached hydrogen (secondary N) is 1. The number of rotatable bonds is 2. The number of hydrogen-bond donors (Lipinski definition) is 1. The van der Waals surface area contributed by atoms with Crippen LogP contribution in [0.4, 0.5) is 23.2 Å². The fraction of sp³-hybridized carbons (Fsp3) is 0.214. The van der Waals surface area contributed by atoms with E-state index in [-0.39, 0.29) is 5.69 Å². The molecule has 1 heterocycles. The Hall–Kier alpha value is -2.51. The summed E-state index contributed by atoms with van der Waals surface area (Å²) in [5.74, 6) is -2.34. The van der Waals surface area contributed by atoms with Gasteiger partial charge in [-0.1, -0.05) is 6.07 Å². The molecule has 0 aliphatic heterocycles. The molecule has 2 rings (SSSR count). The molecule has 0 fully saturated rings. The quantitative estimate of drug-likeness (QED) is 0.863. The van der Waals surface area contributed by atoms with E-state index in [0.717, 1.165) is 18.5 Å². The number of alkyl halides is 3. The number of aromatic nitrogens is 2. The smallest absolute Gasteiger partial charge is 0.318 e. The summed E-state index contributed by atoms with van der Waals surface area (Å²) < 4.78 is 51.8. The largest absolute Gasteiger partial charge is 0.419 e. The monoisotopic (exact) mass is 313 g/mol. The van der Waals surface area contributed by atoms with Crippen LogP contribution in [0.15, 0.2) is 24.5 Å². The van der Waals surface area contributed by atoms with Gasteiger partial charge >= 0.3 is 6.18 Å². The van der Waals surface area contributed by atoms with Gasteiger partial charge in [-0.2, -0.15) is 13.2 Å². The molecule has 116 valence electrons. The lowest BCUT2D eigenvalue weighted by Crippen LogP contribution is -2.18. The molecule has 4 nitrogen and oxygen atoms in total. The van der Waals surface area contributed by atoms with Gasteiger partial charge in [0.15, 0.2) is 5.82 Å². The average Bonchev–Trinajstić information content (AvgIpc) is 2.42. The van der Waals surface area contributed by atoms with Crippen LogP contribution >= 0.6 is 0 Å². The lowest BCUT2D eigenvalue weighted by Gasteiger charge is -2.12. The fourth-order valence-corrected chi connectivity index (χ4v) is 1.80. The molecule has 0 radical (unpaired) electrons. The van der Waals surface area contributed by atoms with Crippen LogP contribution in [0.3, 0.4) is 0 Å². The van der Waals surface area contributed by atoms with Crippen molar-refractivity contribution in [3.63, 3.8) is 0 Å². The van der Waals surface area contributed by atoms with E-state index in [1.165, 1.54) is 0 Å². The number of amides is 1. The van der Waals surface area contributed by atoms with Crippen LogP contribution in [-0.4, -0.2) is 15.9 Å². The summed E-state index contributed by atoms with van der Waals surface area (Å²) in [5, 5.41) is 2.10. The summed E-state index contributed by atoms with van der Waals surface area (Å²) in [6, 6.07) is 2.66. The van der Waals surface area contributed by atoms with Crippen LogP contribution in [0.1, 0.15) is 27.3 Å². The molecule has 0 saturated heterocycles. The Kier molecular flexibility index (Phi) is 4.11. The zero-order valence-corrected chi connectivity index (χ0v) is 11.6. The highest BCUT2D eigenvalue weighted by molar-refractivity contribution is 6.04. The van der Waals surface area contributed by atoms with Gasteiger partial charge in [0.05, 0.1) is 11.3 Å². The van der Waals surface area contributed by atoms with Gasteiger partial charge in [-0.3, -0.25) is 4.79 Å². The third-order valence-corrected chi connectivity index (χ3v) is 3.10. The normalized spacial score (nSPS) is 11.4. The molecule has 0 aliphatic carbocycles. The summed E-state index contributed by atoms with van der Waals surface area (Å²) in [5.41, 5.74) is -1.02. The second-order valence-corrected chi connectivity index (χ2v) is 4.55. The molecule has 0 spiro atoms. The van der Waals surface area contributed by atoms with E-state index in [1.807, 2.05) is 0 Å². The predicted molar refractivity (Wildman–Crippen MR) is 70.9 cm³/mol. The van der Waals surface area contributed by atoms with Crippen molar-refractivity contribution >= 4 is 11.6 Å². The molecule has 2 aromatic rings. The number of anilines is 1. The Morgan fingerprint density at radius 2 is 1.86 bits per heavy atom. The third kappa shape index (κ3) is 3.05. The van der Waals surface area contributed by atoms with Crippen LogP contribution in [-0.2, 0) is 6.18 Å². The topological polar surface area (TPSA) is 54.9 Å². The van der Waals surface area contributed by atoms with Gasteiger partial charge in [-0.15, -0.1) is 0 Å². The highest BCUT2D eigenvalue weighted by Crippen LogP contribution is 2.34. The minimum absolute atomic E-state index is 0.0238. The second-order valence-electron chi connectivity index (χ2n) is 4.55. The van der Waals surface area contributed by atoms with Crippen molar-refractivity contribution in [1.29, 1.82) is 0 Å². The Labute approximate surface area is 123 Å². The van der Waals surface area contributed by atoms with Crippen molar-refractivity contribution < 1.29 is 22.4 Å². The van der Waals surface area contributed by atoms with E-state index in [9.17, 15) is 22.4 Å². The molecule has 0 bridgehead atoms. The molecule has 1 aromatic heterocycles. The highest BCUT2D eigenvalue weighted by atomic mass is 19.4. The molecule has 0 atom stereocenters. The number of carbonyl (C=O) groups excluding carboxylic acids is 1. The molecule has 1 N–H and O–H groups in total. The van der Waals surface area contributed by atoms with Crippen LogP contribution in [0, 0.1) is 19.7 Å².